The first kappa shape index (κ1) is 17.8. The Balaban J connectivity index is 2.15. The molecule has 128 valence electrons. The monoisotopic (exact) mass is 341 g/mol. The molecule has 1 fully saturated rings. The van der Waals surface area contributed by atoms with Gasteiger partial charge >= 0.3 is 6.09 Å². The van der Waals surface area contributed by atoms with Crippen molar-refractivity contribution < 1.29 is 18.7 Å². The van der Waals surface area contributed by atoms with Gasteiger partial charge in [0.15, 0.2) is 0 Å². The summed E-state index contributed by atoms with van der Waals surface area (Å²) in [4.78, 5) is 26.3. The van der Waals surface area contributed by atoms with Crippen LogP contribution in [0, 0.1) is 0 Å². The Kier molecular flexibility index (Phi) is 4.75. The van der Waals surface area contributed by atoms with Crippen molar-refractivity contribution in [2.24, 2.45) is 0 Å². The number of carbonyl (C=O) groups is 2. The highest BCUT2D eigenvalue weighted by Crippen LogP contribution is 2.27. The van der Waals surface area contributed by atoms with Gasteiger partial charge in [0.1, 0.15) is 11.6 Å². The molecule has 0 spiro atoms. The number of ether oxygens (including phenoxy) is 1. The molecular weight excluding hydrogens is 318 g/mol. The van der Waals surface area contributed by atoms with Crippen LogP contribution < -0.4 is 0 Å². The molecule has 0 N–H and O–H groups in total. The Bertz CT molecular complexity index is 601. The molecular formula is C15H23N3O4S. The smallest absolute Gasteiger partial charge is 0.411 e. The zero-order valence-corrected chi connectivity index (χ0v) is 15.2. The molecule has 2 heterocycles. The third kappa shape index (κ3) is 4.25. The first-order valence-electron chi connectivity index (χ1n) is 7.44. The second-order valence-electron chi connectivity index (χ2n) is 7.49. The van der Waals surface area contributed by atoms with E-state index >= 15 is 0 Å². The molecule has 1 aliphatic heterocycles. The zero-order chi connectivity index (χ0) is 17.4. The molecule has 8 heteroatoms. The van der Waals surface area contributed by atoms with Gasteiger partial charge in [-0.2, -0.15) is 0 Å². The van der Waals surface area contributed by atoms with E-state index in [2.05, 4.69) is 10.2 Å². The highest BCUT2D eigenvalue weighted by Gasteiger charge is 2.40. The number of Topliss-reactive ketones (excluding diaryl/α,β-unsaturated/α-hetero) is 1. The van der Waals surface area contributed by atoms with Crippen LogP contribution in [0.25, 0.3) is 0 Å². The van der Waals surface area contributed by atoms with Gasteiger partial charge in [-0.3, -0.25) is 9.69 Å². The van der Waals surface area contributed by atoms with Gasteiger partial charge in [0.05, 0.1) is 5.88 Å². The summed E-state index contributed by atoms with van der Waals surface area (Å²) in [6, 6.07) is -0.636. The van der Waals surface area contributed by atoms with Crippen molar-refractivity contribution in [1.29, 1.82) is 0 Å². The lowest BCUT2D eigenvalue weighted by Gasteiger charge is -2.26. The minimum atomic E-state index is -0.636. The summed E-state index contributed by atoms with van der Waals surface area (Å²) in [6.45, 7) is 11.1. The lowest BCUT2D eigenvalue weighted by Crippen LogP contribution is -2.44. The third-order valence-corrected chi connectivity index (χ3v) is 4.10. The Hall–Kier alpha value is -1.57. The van der Waals surface area contributed by atoms with E-state index in [9.17, 15) is 9.59 Å². The van der Waals surface area contributed by atoms with Crippen LogP contribution in [-0.4, -0.2) is 50.2 Å². The molecule has 1 saturated heterocycles. The van der Waals surface area contributed by atoms with Gasteiger partial charge in [0.25, 0.3) is 5.89 Å². The van der Waals surface area contributed by atoms with Gasteiger partial charge in [-0.25, -0.2) is 4.79 Å². The van der Waals surface area contributed by atoms with Crippen LogP contribution in [0.1, 0.15) is 58.1 Å². The fourth-order valence-corrected chi connectivity index (χ4v) is 3.07. The largest absolute Gasteiger partial charge is 0.444 e. The molecule has 1 aromatic rings. The van der Waals surface area contributed by atoms with E-state index in [1.807, 2.05) is 20.8 Å². The molecule has 0 unspecified atom stereocenters. The van der Waals surface area contributed by atoms with E-state index in [0.717, 1.165) is 0 Å². The van der Waals surface area contributed by atoms with Crippen LogP contribution in [0.15, 0.2) is 4.42 Å². The predicted molar refractivity (Wildman–Crippen MR) is 86.5 cm³/mol. The second kappa shape index (κ2) is 6.14. The van der Waals surface area contributed by atoms with Crippen molar-refractivity contribution in [3.8, 4) is 0 Å². The van der Waals surface area contributed by atoms with Crippen LogP contribution in [0.5, 0.6) is 0 Å². The van der Waals surface area contributed by atoms with E-state index in [4.69, 9.17) is 9.15 Å². The number of hydrogen-bond donors (Lipinski definition) is 0. The fraction of sp³-hybridized carbons (Fsp3) is 0.733. The van der Waals surface area contributed by atoms with Crippen LogP contribution in [0.2, 0.25) is 0 Å². The summed E-state index contributed by atoms with van der Waals surface area (Å²) in [5.74, 6) is 0.895. The van der Waals surface area contributed by atoms with Gasteiger partial charge in [-0.1, -0.05) is 20.8 Å². The summed E-state index contributed by atoms with van der Waals surface area (Å²) in [5.41, 5.74) is -0.942. The lowest BCUT2D eigenvalue weighted by atomic mass is 9.97. The molecule has 23 heavy (non-hydrogen) atoms. The molecule has 1 atom stereocenters. The topological polar surface area (TPSA) is 85.5 Å². The van der Waals surface area contributed by atoms with Crippen LogP contribution in [0.3, 0.4) is 0 Å². The number of carbonyl (C=O) groups excluding carboxylic acids is 2. The first-order chi connectivity index (χ1) is 10.5. The SMILES string of the molecule is CC(C)(C)OC(=O)N1CSC[C@H]1C(=O)c1nnc(C(C)(C)C)o1. The molecule has 7 nitrogen and oxygen atoms in total. The van der Waals surface area contributed by atoms with E-state index in [0.29, 0.717) is 17.5 Å². The van der Waals surface area contributed by atoms with Crippen molar-refractivity contribution in [2.75, 3.05) is 11.6 Å². The van der Waals surface area contributed by atoms with Crippen molar-refractivity contribution in [3.63, 3.8) is 0 Å². The standard InChI is InChI=1S/C15H23N3O4S/c1-14(2,3)12-17-16-11(21-12)10(19)9-7-23-8-18(9)13(20)22-15(4,5)6/h9H,7-8H2,1-6H3/t9-/m0/s1. The maximum Gasteiger partial charge on any atom is 0.411 e. The Labute approximate surface area is 140 Å². The molecule has 0 aromatic carbocycles. The normalized spacial score (nSPS) is 19.0. The number of nitrogens with zero attached hydrogens (tertiary/aromatic N) is 3. The number of thioether (sulfide) groups is 1. The average molecular weight is 341 g/mol. The minimum absolute atomic E-state index is 0.0593. The van der Waals surface area contributed by atoms with Crippen LogP contribution in [0.4, 0.5) is 4.79 Å². The predicted octanol–water partition coefficient (Wildman–Crippen LogP) is 2.86. The molecule has 2 rings (SSSR count). The molecule has 0 aliphatic carbocycles. The summed E-state index contributed by atoms with van der Waals surface area (Å²) in [6.07, 6.45) is -0.503. The van der Waals surface area contributed by atoms with Crippen LogP contribution >= 0.6 is 11.8 Å². The van der Waals surface area contributed by atoms with E-state index < -0.39 is 17.7 Å². The third-order valence-electron chi connectivity index (χ3n) is 3.09. The van der Waals surface area contributed by atoms with E-state index in [1.165, 1.54) is 16.7 Å². The van der Waals surface area contributed by atoms with Gasteiger partial charge in [0.2, 0.25) is 11.7 Å². The number of aromatic nitrogens is 2. The van der Waals surface area contributed by atoms with Crippen molar-refractivity contribution >= 4 is 23.6 Å². The molecule has 0 radical (unpaired) electrons. The number of rotatable bonds is 2. The maximum atomic E-state index is 12.6. The zero-order valence-electron chi connectivity index (χ0n) is 14.4. The number of amides is 1. The summed E-state index contributed by atoms with van der Waals surface area (Å²) < 4.78 is 10.8. The first-order valence-corrected chi connectivity index (χ1v) is 8.60. The molecule has 1 aliphatic rings. The summed E-state index contributed by atoms with van der Waals surface area (Å²) in [5, 5.41) is 7.77. The van der Waals surface area contributed by atoms with Gasteiger partial charge in [-0.15, -0.1) is 22.0 Å². The molecule has 0 saturated carbocycles. The van der Waals surface area contributed by atoms with Crippen molar-refractivity contribution in [2.45, 2.75) is 58.6 Å². The number of ketones is 1. The fourth-order valence-electron chi connectivity index (χ4n) is 1.93. The molecule has 1 aromatic heterocycles. The molecule has 0 bridgehead atoms. The highest BCUT2D eigenvalue weighted by molar-refractivity contribution is 7.99. The Morgan fingerprint density at radius 2 is 1.87 bits per heavy atom. The van der Waals surface area contributed by atoms with Crippen LogP contribution in [-0.2, 0) is 10.2 Å². The molecule has 1 amide bonds. The van der Waals surface area contributed by atoms with Gasteiger partial charge in [0, 0.05) is 11.2 Å². The highest BCUT2D eigenvalue weighted by atomic mass is 32.2. The Morgan fingerprint density at radius 1 is 1.22 bits per heavy atom. The quantitative estimate of drug-likeness (QED) is 0.765. The average Bonchev–Trinajstić information content (AvgIpc) is 3.04. The van der Waals surface area contributed by atoms with Crippen molar-refractivity contribution in [3.05, 3.63) is 11.8 Å². The lowest BCUT2D eigenvalue weighted by molar-refractivity contribution is 0.0231. The van der Waals surface area contributed by atoms with Crippen molar-refractivity contribution in [1.82, 2.24) is 15.1 Å². The minimum Gasteiger partial charge on any atom is -0.444 e. The van der Waals surface area contributed by atoms with E-state index in [-0.39, 0.29) is 17.1 Å². The summed E-state index contributed by atoms with van der Waals surface area (Å²) in [7, 11) is 0. The van der Waals surface area contributed by atoms with Gasteiger partial charge < -0.3 is 9.15 Å². The summed E-state index contributed by atoms with van der Waals surface area (Å²) >= 11 is 1.49. The van der Waals surface area contributed by atoms with Gasteiger partial charge in [-0.05, 0) is 20.8 Å². The number of hydrogen-bond acceptors (Lipinski definition) is 7. The van der Waals surface area contributed by atoms with E-state index in [1.54, 1.807) is 20.8 Å². The second-order valence-corrected chi connectivity index (χ2v) is 8.49. The Morgan fingerprint density at radius 3 is 2.39 bits per heavy atom. The maximum absolute atomic E-state index is 12.6.